The van der Waals surface area contributed by atoms with E-state index in [1.54, 1.807) is 18.2 Å². The molecule has 1 aliphatic rings. The molecule has 1 aromatic heterocycles. The highest BCUT2D eigenvalue weighted by Gasteiger charge is 2.14. The van der Waals surface area contributed by atoms with Gasteiger partial charge in [-0.25, -0.2) is 9.37 Å². The number of halogens is 1. The smallest absolute Gasteiger partial charge is 0.307 e. The van der Waals surface area contributed by atoms with E-state index in [1.165, 1.54) is 12.5 Å². The van der Waals surface area contributed by atoms with E-state index >= 15 is 0 Å². The molecule has 2 aromatic rings. The molecule has 0 radical (unpaired) electrons. The predicted octanol–water partition coefficient (Wildman–Crippen LogP) is 5.05. The van der Waals surface area contributed by atoms with E-state index in [1.807, 2.05) is 18.2 Å². The van der Waals surface area contributed by atoms with Crippen LogP contribution in [-0.4, -0.2) is 16.1 Å². The Hall–Kier alpha value is -2.69. The number of pyridine rings is 1. The molecule has 25 heavy (non-hydrogen) atoms. The minimum Gasteiger partial charge on any atom is -0.481 e. The number of benzene rings is 1. The summed E-state index contributed by atoms with van der Waals surface area (Å²) >= 11 is 0. The summed E-state index contributed by atoms with van der Waals surface area (Å²) < 4.78 is 13.8. The molecule has 5 heteroatoms. The minimum atomic E-state index is -1.14. The van der Waals surface area contributed by atoms with Gasteiger partial charge in [0.25, 0.3) is 0 Å². The first-order valence-corrected chi connectivity index (χ1v) is 8.44. The lowest BCUT2D eigenvalue weighted by atomic mass is 10.1. The summed E-state index contributed by atoms with van der Waals surface area (Å²) in [7, 11) is 0. The van der Waals surface area contributed by atoms with E-state index in [2.05, 4.69) is 16.4 Å². The van der Waals surface area contributed by atoms with E-state index in [0.717, 1.165) is 41.9 Å². The monoisotopic (exact) mass is 340 g/mol. The Morgan fingerprint density at radius 2 is 2.04 bits per heavy atom. The van der Waals surface area contributed by atoms with Crippen molar-refractivity contribution in [3.05, 3.63) is 59.4 Å². The molecule has 0 amide bonds. The summed E-state index contributed by atoms with van der Waals surface area (Å²) in [5.41, 5.74) is 4.75. The number of allylic oxidation sites excluding steroid dienone is 2. The summed E-state index contributed by atoms with van der Waals surface area (Å²) in [6, 6.07) is 10.9. The van der Waals surface area contributed by atoms with Crippen LogP contribution >= 0.6 is 0 Å². The third kappa shape index (κ3) is 4.44. The highest BCUT2D eigenvalue weighted by molar-refractivity contribution is 5.72. The zero-order chi connectivity index (χ0) is 17.8. The molecule has 1 unspecified atom stereocenters. The van der Waals surface area contributed by atoms with Gasteiger partial charge in [-0.2, -0.15) is 0 Å². The highest BCUT2D eigenvalue weighted by Crippen LogP contribution is 2.31. The molecule has 0 saturated heterocycles. The second kappa shape index (κ2) is 7.47. The van der Waals surface area contributed by atoms with Crippen molar-refractivity contribution in [1.82, 2.24) is 4.98 Å². The molecule has 0 aliphatic heterocycles. The SMILES string of the molecule is CC(F)c1cc(Nc2ccc(CC(=O)O)cc2)cc(C2=CCCC2)n1. The van der Waals surface area contributed by atoms with Gasteiger partial charge in [0.15, 0.2) is 0 Å². The van der Waals surface area contributed by atoms with Gasteiger partial charge in [-0.1, -0.05) is 18.2 Å². The van der Waals surface area contributed by atoms with Gasteiger partial charge < -0.3 is 10.4 Å². The summed E-state index contributed by atoms with van der Waals surface area (Å²) in [5, 5.41) is 12.1. The number of aliphatic carboxylic acids is 1. The zero-order valence-electron chi connectivity index (χ0n) is 14.1. The number of hydrogen-bond donors (Lipinski definition) is 2. The van der Waals surface area contributed by atoms with Gasteiger partial charge in [-0.15, -0.1) is 0 Å². The summed E-state index contributed by atoms with van der Waals surface area (Å²) in [6.07, 6.45) is 4.15. The van der Waals surface area contributed by atoms with Gasteiger partial charge in [0, 0.05) is 11.4 Å². The average Bonchev–Trinajstić information content (AvgIpc) is 3.10. The largest absolute Gasteiger partial charge is 0.481 e. The molecule has 130 valence electrons. The third-order valence-electron chi connectivity index (χ3n) is 4.22. The molecule has 1 aromatic carbocycles. The van der Waals surface area contributed by atoms with Gasteiger partial charge in [0.2, 0.25) is 0 Å². The number of aromatic nitrogens is 1. The maximum absolute atomic E-state index is 13.8. The normalized spacial score (nSPS) is 14.9. The fourth-order valence-electron chi connectivity index (χ4n) is 2.94. The number of anilines is 2. The zero-order valence-corrected chi connectivity index (χ0v) is 14.1. The molecule has 1 atom stereocenters. The molecular weight excluding hydrogens is 319 g/mol. The first kappa shape index (κ1) is 17.1. The van der Waals surface area contributed by atoms with Crippen LogP contribution in [0.15, 0.2) is 42.5 Å². The van der Waals surface area contributed by atoms with Crippen molar-refractivity contribution in [1.29, 1.82) is 0 Å². The second-order valence-corrected chi connectivity index (χ2v) is 6.30. The van der Waals surface area contributed by atoms with Gasteiger partial charge in [-0.05, 0) is 61.6 Å². The lowest BCUT2D eigenvalue weighted by molar-refractivity contribution is -0.136. The molecule has 0 fully saturated rings. The van der Waals surface area contributed by atoms with Crippen molar-refractivity contribution in [2.45, 2.75) is 38.8 Å². The van der Waals surface area contributed by atoms with Crippen LogP contribution in [0, 0.1) is 0 Å². The van der Waals surface area contributed by atoms with Crippen LogP contribution in [0.3, 0.4) is 0 Å². The Morgan fingerprint density at radius 1 is 1.28 bits per heavy atom. The Balaban J connectivity index is 1.84. The van der Waals surface area contributed by atoms with Crippen molar-refractivity contribution in [2.75, 3.05) is 5.32 Å². The summed E-state index contributed by atoms with van der Waals surface area (Å²) in [5.74, 6) is -0.856. The molecule has 0 bridgehead atoms. The molecule has 0 spiro atoms. The summed E-state index contributed by atoms with van der Waals surface area (Å²) in [6.45, 7) is 1.49. The number of hydrogen-bond acceptors (Lipinski definition) is 3. The molecule has 2 N–H and O–H groups in total. The van der Waals surface area contributed by atoms with E-state index in [9.17, 15) is 9.18 Å². The first-order valence-electron chi connectivity index (χ1n) is 8.44. The molecule has 3 rings (SSSR count). The van der Waals surface area contributed by atoms with Crippen LogP contribution in [0.1, 0.15) is 49.3 Å². The van der Waals surface area contributed by atoms with Crippen LogP contribution in [0.2, 0.25) is 0 Å². The van der Waals surface area contributed by atoms with Crippen LogP contribution in [-0.2, 0) is 11.2 Å². The number of rotatable bonds is 6. The Kier molecular flexibility index (Phi) is 5.12. The van der Waals surface area contributed by atoms with Gasteiger partial charge in [-0.3, -0.25) is 4.79 Å². The minimum absolute atomic E-state index is 0.00263. The van der Waals surface area contributed by atoms with Crippen molar-refractivity contribution in [2.24, 2.45) is 0 Å². The number of alkyl halides is 1. The van der Waals surface area contributed by atoms with E-state index < -0.39 is 12.1 Å². The van der Waals surface area contributed by atoms with Crippen LogP contribution in [0.4, 0.5) is 15.8 Å². The standard InChI is InChI=1S/C20H21FN2O2/c1-13(21)18-11-17(12-19(23-18)15-4-2-3-5-15)22-16-8-6-14(7-9-16)10-20(24)25/h4,6-9,11-13H,2-3,5,10H2,1H3,(H,22,23)(H,24,25). The number of carbonyl (C=O) groups is 1. The topological polar surface area (TPSA) is 62.2 Å². The maximum Gasteiger partial charge on any atom is 0.307 e. The third-order valence-corrected chi connectivity index (χ3v) is 4.22. The van der Waals surface area contributed by atoms with Crippen molar-refractivity contribution in [3.63, 3.8) is 0 Å². The van der Waals surface area contributed by atoms with Crippen LogP contribution < -0.4 is 5.32 Å². The average molecular weight is 340 g/mol. The second-order valence-electron chi connectivity index (χ2n) is 6.30. The predicted molar refractivity (Wildman–Crippen MR) is 96.7 cm³/mol. The first-order chi connectivity index (χ1) is 12.0. The number of carboxylic acid groups (broad SMARTS) is 1. The van der Waals surface area contributed by atoms with Gasteiger partial charge in [0.1, 0.15) is 6.17 Å². The fraction of sp³-hybridized carbons (Fsp3) is 0.300. The molecule has 1 aliphatic carbocycles. The molecule has 1 heterocycles. The van der Waals surface area contributed by atoms with Crippen molar-refractivity contribution in [3.8, 4) is 0 Å². The molecule has 4 nitrogen and oxygen atoms in total. The van der Waals surface area contributed by atoms with E-state index in [4.69, 9.17) is 5.11 Å². The van der Waals surface area contributed by atoms with Crippen molar-refractivity contribution >= 4 is 22.9 Å². The van der Waals surface area contributed by atoms with Gasteiger partial charge in [0.05, 0.1) is 17.8 Å². The lowest BCUT2D eigenvalue weighted by Gasteiger charge is -2.13. The Morgan fingerprint density at radius 3 is 2.64 bits per heavy atom. The quantitative estimate of drug-likeness (QED) is 0.772. The number of nitrogens with one attached hydrogen (secondary N) is 1. The van der Waals surface area contributed by atoms with Crippen LogP contribution in [0.5, 0.6) is 0 Å². The van der Waals surface area contributed by atoms with Gasteiger partial charge >= 0.3 is 5.97 Å². The fourth-order valence-corrected chi connectivity index (χ4v) is 2.94. The number of nitrogens with zero attached hydrogens (tertiary/aromatic N) is 1. The molecule has 0 saturated carbocycles. The molecular formula is C20H21FN2O2. The van der Waals surface area contributed by atoms with Crippen LogP contribution in [0.25, 0.3) is 5.57 Å². The number of carboxylic acids is 1. The Bertz CT molecular complexity index is 798. The Labute approximate surface area is 146 Å². The lowest BCUT2D eigenvalue weighted by Crippen LogP contribution is -2.01. The van der Waals surface area contributed by atoms with Crippen molar-refractivity contribution < 1.29 is 14.3 Å². The van der Waals surface area contributed by atoms with E-state index in [0.29, 0.717) is 5.69 Å². The highest BCUT2D eigenvalue weighted by atomic mass is 19.1. The van der Waals surface area contributed by atoms with E-state index in [-0.39, 0.29) is 6.42 Å². The maximum atomic E-state index is 13.8. The summed E-state index contributed by atoms with van der Waals surface area (Å²) in [4.78, 5) is 15.2.